The molecule has 0 unspecified atom stereocenters. The second kappa shape index (κ2) is 6.46. The predicted octanol–water partition coefficient (Wildman–Crippen LogP) is 3.00. The molecule has 0 atom stereocenters. The van der Waals surface area contributed by atoms with Gasteiger partial charge in [-0.05, 0) is 23.8 Å². The van der Waals surface area contributed by atoms with Crippen molar-refractivity contribution in [3.8, 4) is 11.1 Å². The van der Waals surface area contributed by atoms with Gasteiger partial charge < -0.3 is 20.7 Å². The summed E-state index contributed by atoms with van der Waals surface area (Å²) < 4.78 is 0. The Morgan fingerprint density at radius 2 is 2.19 bits per heavy atom. The van der Waals surface area contributed by atoms with E-state index in [2.05, 4.69) is 9.97 Å². The number of aliphatic hydroxyl groups excluding tert-OH is 1. The lowest BCUT2D eigenvalue weighted by molar-refractivity contribution is -0.135. The maximum Gasteiger partial charge on any atom is 0.248 e. The molecule has 134 valence electrons. The fourth-order valence-corrected chi connectivity index (χ4v) is 3.91. The summed E-state index contributed by atoms with van der Waals surface area (Å²) in [6.45, 7) is 0.418. The quantitative estimate of drug-likeness (QED) is 0.626. The van der Waals surface area contributed by atoms with Crippen LogP contribution in [0, 0.1) is 0 Å². The molecule has 0 bridgehead atoms. The lowest BCUT2D eigenvalue weighted by Crippen LogP contribution is -2.37. The fraction of sp³-hybridized carbons (Fsp3) is 0.222. The largest absolute Gasteiger partial charge is 0.387 e. The number of rotatable bonds is 2. The highest BCUT2D eigenvalue weighted by molar-refractivity contribution is 6.45. The van der Waals surface area contributed by atoms with Crippen molar-refractivity contribution in [3.05, 3.63) is 45.7 Å². The number of anilines is 1. The van der Waals surface area contributed by atoms with E-state index in [0.717, 1.165) is 33.3 Å². The Hall–Kier alpha value is -2.28. The van der Waals surface area contributed by atoms with Crippen LogP contribution in [0.4, 0.5) is 5.82 Å². The number of aromatic amines is 1. The number of fused-ring (bicyclic) bond motifs is 3. The van der Waals surface area contributed by atoms with E-state index in [1.165, 1.54) is 0 Å². The Kier molecular flexibility index (Phi) is 4.26. The lowest BCUT2D eigenvalue weighted by atomic mass is 9.96. The number of nitrogens with zero attached hydrogens (tertiary/aromatic N) is 2. The maximum atomic E-state index is 12.0. The smallest absolute Gasteiger partial charge is 0.248 e. The van der Waals surface area contributed by atoms with Gasteiger partial charge in [-0.1, -0.05) is 23.2 Å². The molecule has 8 heteroatoms. The summed E-state index contributed by atoms with van der Waals surface area (Å²) in [5, 5.41) is 10.9. The summed E-state index contributed by atoms with van der Waals surface area (Å²) in [5.41, 5.74) is 10.3. The van der Waals surface area contributed by atoms with Crippen molar-refractivity contribution in [2.24, 2.45) is 0 Å². The number of aromatic nitrogens is 2. The van der Waals surface area contributed by atoms with Crippen LogP contribution in [-0.4, -0.2) is 39.0 Å². The number of carbonyl (C=O) groups excluding carboxylic acids is 1. The number of nitrogens with two attached hydrogens (primary N) is 1. The first kappa shape index (κ1) is 17.1. The van der Waals surface area contributed by atoms with Crippen LogP contribution in [-0.2, 0) is 17.8 Å². The Balaban J connectivity index is 1.99. The SMILES string of the molecule is Nc1ncccc1-c1cc(Cl)c(Cl)c2[nH]c3c(c12)CN(C(=O)CO)CC3. The molecule has 6 nitrogen and oxygen atoms in total. The van der Waals surface area contributed by atoms with Crippen molar-refractivity contribution >= 4 is 45.8 Å². The molecule has 0 aliphatic carbocycles. The van der Waals surface area contributed by atoms with Gasteiger partial charge in [-0.25, -0.2) is 4.98 Å². The van der Waals surface area contributed by atoms with Crippen LogP contribution in [0.25, 0.3) is 22.0 Å². The van der Waals surface area contributed by atoms with E-state index in [1.807, 2.05) is 6.07 Å². The molecule has 0 fully saturated rings. The van der Waals surface area contributed by atoms with E-state index >= 15 is 0 Å². The molecule has 26 heavy (non-hydrogen) atoms. The molecule has 0 spiro atoms. The zero-order valence-electron chi connectivity index (χ0n) is 13.7. The molecule has 1 aliphatic rings. The zero-order valence-corrected chi connectivity index (χ0v) is 15.2. The summed E-state index contributed by atoms with van der Waals surface area (Å²) in [6, 6.07) is 5.46. The summed E-state index contributed by atoms with van der Waals surface area (Å²) in [7, 11) is 0. The minimum atomic E-state index is -0.507. The minimum Gasteiger partial charge on any atom is -0.387 e. The predicted molar refractivity (Wildman–Crippen MR) is 102 cm³/mol. The number of pyridine rings is 1. The van der Waals surface area contributed by atoms with Crippen molar-refractivity contribution in [2.75, 3.05) is 18.9 Å². The summed E-state index contributed by atoms with van der Waals surface area (Å²) in [4.78, 5) is 21.1. The molecular weight excluding hydrogens is 375 g/mol. The number of carbonyl (C=O) groups is 1. The molecule has 3 aromatic rings. The van der Waals surface area contributed by atoms with Gasteiger partial charge in [-0.15, -0.1) is 0 Å². The van der Waals surface area contributed by atoms with Gasteiger partial charge in [0.2, 0.25) is 5.91 Å². The molecule has 3 heterocycles. The summed E-state index contributed by atoms with van der Waals surface area (Å²) in [6.07, 6.45) is 2.27. The average Bonchev–Trinajstić information content (AvgIpc) is 3.03. The van der Waals surface area contributed by atoms with Gasteiger partial charge in [-0.2, -0.15) is 0 Å². The maximum absolute atomic E-state index is 12.0. The third-order valence-corrected chi connectivity index (χ3v) is 5.55. The average molecular weight is 391 g/mol. The van der Waals surface area contributed by atoms with Crippen molar-refractivity contribution in [3.63, 3.8) is 0 Å². The second-order valence-electron chi connectivity index (χ2n) is 6.21. The topological polar surface area (TPSA) is 95.2 Å². The van der Waals surface area contributed by atoms with Gasteiger partial charge in [-0.3, -0.25) is 4.79 Å². The number of hydrogen-bond donors (Lipinski definition) is 3. The van der Waals surface area contributed by atoms with E-state index in [1.54, 1.807) is 23.2 Å². The first-order valence-electron chi connectivity index (χ1n) is 8.12. The second-order valence-corrected chi connectivity index (χ2v) is 7.00. The highest BCUT2D eigenvalue weighted by atomic mass is 35.5. The van der Waals surface area contributed by atoms with Crippen molar-refractivity contribution in [2.45, 2.75) is 13.0 Å². The number of halogens is 2. The Morgan fingerprint density at radius 1 is 1.38 bits per heavy atom. The Morgan fingerprint density at radius 3 is 2.92 bits per heavy atom. The Bertz CT molecular complexity index is 1030. The van der Waals surface area contributed by atoms with E-state index in [9.17, 15) is 9.90 Å². The van der Waals surface area contributed by atoms with Gasteiger partial charge in [0.05, 0.1) is 15.6 Å². The minimum absolute atomic E-state index is 0.299. The number of hydrogen-bond acceptors (Lipinski definition) is 4. The van der Waals surface area contributed by atoms with Gasteiger partial charge in [0, 0.05) is 47.9 Å². The van der Waals surface area contributed by atoms with Crippen LogP contribution in [0.1, 0.15) is 11.3 Å². The van der Waals surface area contributed by atoms with Crippen LogP contribution in [0.5, 0.6) is 0 Å². The molecule has 1 amide bonds. The van der Waals surface area contributed by atoms with Crippen molar-refractivity contribution < 1.29 is 9.90 Å². The zero-order chi connectivity index (χ0) is 18.4. The highest BCUT2D eigenvalue weighted by Gasteiger charge is 2.27. The first-order chi connectivity index (χ1) is 12.5. The molecule has 0 saturated heterocycles. The molecule has 4 rings (SSSR count). The van der Waals surface area contributed by atoms with E-state index in [4.69, 9.17) is 28.9 Å². The van der Waals surface area contributed by atoms with Crippen molar-refractivity contribution in [1.29, 1.82) is 0 Å². The van der Waals surface area contributed by atoms with Crippen LogP contribution in [0.3, 0.4) is 0 Å². The molecule has 4 N–H and O–H groups in total. The fourth-order valence-electron chi connectivity index (χ4n) is 3.51. The van der Waals surface area contributed by atoms with Crippen LogP contribution in [0.2, 0.25) is 10.0 Å². The number of aliphatic hydroxyl groups is 1. The number of H-pyrrole nitrogens is 1. The van der Waals surface area contributed by atoms with Crippen LogP contribution in [0.15, 0.2) is 24.4 Å². The lowest BCUT2D eigenvalue weighted by Gasteiger charge is -2.27. The molecule has 2 aromatic heterocycles. The number of nitrogens with one attached hydrogen (secondary N) is 1. The third kappa shape index (κ3) is 2.61. The van der Waals surface area contributed by atoms with E-state index < -0.39 is 6.61 Å². The normalized spacial score (nSPS) is 13.9. The molecule has 0 saturated carbocycles. The standard InChI is InChI=1S/C18H16Cl2N4O2/c19-12-6-10(9-2-1-4-22-18(9)21)15-11-7-24(14(26)8-25)5-3-13(11)23-17(15)16(12)20/h1-2,4,6,23,25H,3,5,7-8H2,(H2,21,22). The van der Waals surface area contributed by atoms with Crippen LogP contribution >= 0.6 is 23.2 Å². The van der Waals surface area contributed by atoms with Crippen LogP contribution < -0.4 is 5.73 Å². The number of benzene rings is 1. The number of amides is 1. The third-order valence-electron chi connectivity index (χ3n) is 4.76. The van der Waals surface area contributed by atoms with E-state index in [0.29, 0.717) is 35.4 Å². The van der Waals surface area contributed by atoms with Crippen molar-refractivity contribution in [1.82, 2.24) is 14.9 Å². The summed E-state index contributed by atoms with van der Waals surface area (Å²) in [5.74, 6) is 0.0914. The van der Waals surface area contributed by atoms with Gasteiger partial charge in [0.25, 0.3) is 0 Å². The monoisotopic (exact) mass is 390 g/mol. The molecular formula is C18H16Cl2N4O2. The van der Waals surface area contributed by atoms with Gasteiger partial charge in [0.15, 0.2) is 0 Å². The van der Waals surface area contributed by atoms with Gasteiger partial charge in [0.1, 0.15) is 12.4 Å². The first-order valence-corrected chi connectivity index (χ1v) is 8.87. The molecule has 1 aliphatic heterocycles. The highest BCUT2D eigenvalue weighted by Crippen LogP contribution is 2.43. The Labute approximate surface area is 159 Å². The van der Waals surface area contributed by atoms with E-state index in [-0.39, 0.29) is 5.91 Å². The number of nitrogen functional groups attached to an aromatic ring is 1. The molecule has 0 radical (unpaired) electrons. The summed E-state index contributed by atoms with van der Waals surface area (Å²) >= 11 is 12.8. The van der Waals surface area contributed by atoms with Gasteiger partial charge >= 0.3 is 0 Å². The molecule has 1 aromatic carbocycles.